The van der Waals surface area contributed by atoms with Crippen molar-refractivity contribution in [2.45, 2.75) is 26.8 Å². The topological polar surface area (TPSA) is 22.0 Å². The van der Waals surface area contributed by atoms with E-state index in [1.54, 1.807) is 6.08 Å². The van der Waals surface area contributed by atoms with E-state index in [0.717, 1.165) is 24.2 Å². The zero-order valence-corrected chi connectivity index (χ0v) is 12.1. The van der Waals surface area contributed by atoms with Gasteiger partial charge in [-0.05, 0) is 36.1 Å². The Balaban J connectivity index is 2.06. The molecule has 1 aromatic carbocycles. The maximum absolute atomic E-state index is 12.2. The predicted molar refractivity (Wildman–Crippen MR) is 83.7 cm³/mol. The average molecular weight is 267 g/mol. The van der Waals surface area contributed by atoms with Crippen LogP contribution >= 0.6 is 0 Å². The maximum atomic E-state index is 12.2. The molecular formula is C18H21NO. The van der Waals surface area contributed by atoms with Crippen molar-refractivity contribution in [3.05, 3.63) is 66.0 Å². The zero-order valence-electron chi connectivity index (χ0n) is 12.1. The van der Waals surface area contributed by atoms with Gasteiger partial charge in [-0.1, -0.05) is 50.3 Å². The highest BCUT2D eigenvalue weighted by Gasteiger charge is 2.08. The Bertz CT molecular complexity index is 578. The van der Waals surface area contributed by atoms with Crippen LogP contribution in [0.3, 0.4) is 0 Å². The highest BCUT2D eigenvalue weighted by Crippen LogP contribution is 2.10. The summed E-state index contributed by atoms with van der Waals surface area (Å²) in [5, 5.41) is 0. The molecule has 0 aliphatic heterocycles. The van der Waals surface area contributed by atoms with Gasteiger partial charge in [0.15, 0.2) is 0 Å². The molecule has 0 aliphatic rings. The molecule has 0 amide bonds. The molecule has 0 saturated heterocycles. The Morgan fingerprint density at radius 3 is 2.60 bits per heavy atom. The van der Waals surface area contributed by atoms with Crippen molar-refractivity contribution in [3.8, 4) is 0 Å². The SMILES string of the molecule is CC(C)CCn1cccc1C(=O)/C=C/c1ccccc1. The maximum Gasteiger partial charge on any atom is 0.202 e. The van der Waals surface area contributed by atoms with E-state index in [0.29, 0.717) is 5.92 Å². The molecule has 20 heavy (non-hydrogen) atoms. The minimum Gasteiger partial charge on any atom is -0.345 e. The third-order valence-corrected chi connectivity index (χ3v) is 3.26. The van der Waals surface area contributed by atoms with Gasteiger partial charge in [0.05, 0.1) is 5.69 Å². The first-order valence-electron chi connectivity index (χ1n) is 7.09. The Morgan fingerprint density at radius 2 is 1.90 bits per heavy atom. The van der Waals surface area contributed by atoms with Crippen LogP contribution in [0.15, 0.2) is 54.7 Å². The summed E-state index contributed by atoms with van der Waals surface area (Å²) in [7, 11) is 0. The molecule has 2 aromatic rings. The van der Waals surface area contributed by atoms with Crippen molar-refractivity contribution < 1.29 is 4.79 Å². The molecule has 2 rings (SSSR count). The molecule has 1 aromatic heterocycles. The first-order valence-corrected chi connectivity index (χ1v) is 7.09. The van der Waals surface area contributed by atoms with Crippen molar-refractivity contribution in [1.82, 2.24) is 4.57 Å². The summed E-state index contributed by atoms with van der Waals surface area (Å²) in [5.74, 6) is 0.697. The van der Waals surface area contributed by atoms with Crippen LogP contribution in [0.2, 0.25) is 0 Å². The van der Waals surface area contributed by atoms with Gasteiger partial charge in [-0.2, -0.15) is 0 Å². The van der Waals surface area contributed by atoms with Crippen LogP contribution in [0.4, 0.5) is 0 Å². The summed E-state index contributed by atoms with van der Waals surface area (Å²) < 4.78 is 2.04. The number of rotatable bonds is 6. The number of benzene rings is 1. The van der Waals surface area contributed by atoms with E-state index in [9.17, 15) is 4.79 Å². The molecule has 1 heterocycles. The molecule has 0 N–H and O–H groups in total. The second-order valence-electron chi connectivity index (χ2n) is 5.38. The number of nitrogens with zero attached hydrogens (tertiary/aromatic N) is 1. The smallest absolute Gasteiger partial charge is 0.202 e. The summed E-state index contributed by atoms with van der Waals surface area (Å²) in [6, 6.07) is 13.7. The first kappa shape index (κ1) is 14.3. The minimum atomic E-state index is 0.0580. The predicted octanol–water partition coefficient (Wildman–Crippen LogP) is 4.43. The van der Waals surface area contributed by atoms with E-state index < -0.39 is 0 Å². The highest BCUT2D eigenvalue weighted by molar-refractivity contribution is 6.05. The zero-order chi connectivity index (χ0) is 14.4. The lowest BCUT2D eigenvalue weighted by atomic mass is 10.1. The monoisotopic (exact) mass is 267 g/mol. The van der Waals surface area contributed by atoms with Gasteiger partial charge in [-0.25, -0.2) is 0 Å². The lowest BCUT2D eigenvalue weighted by molar-refractivity contribution is 0.103. The first-order chi connectivity index (χ1) is 9.66. The minimum absolute atomic E-state index is 0.0580. The van der Waals surface area contributed by atoms with E-state index in [4.69, 9.17) is 0 Å². The van der Waals surface area contributed by atoms with Gasteiger partial charge < -0.3 is 4.57 Å². The summed E-state index contributed by atoms with van der Waals surface area (Å²) in [4.78, 5) is 12.2. The highest BCUT2D eigenvalue weighted by atomic mass is 16.1. The van der Waals surface area contributed by atoms with Gasteiger partial charge in [0, 0.05) is 12.7 Å². The number of ketones is 1. The van der Waals surface area contributed by atoms with Crippen LogP contribution in [0.5, 0.6) is 0 Å². The van der Waals surface area contributed by atoms with Crippen LogP contribution in [0, 0.1) is 5.92 Å². The molecule has 0 bridgehead atoms. The molecule has 0 unspecified atom stereocenters. The third kappa shape index (κ3) is 3.95. The van der Waals surface area contributed by atoms with Gasteiger partial charge >= 0.3 is 0 Å². The molecule has 0 fully saturated rings. The largest absolute Gasteiger partial charge is 0.345 e. The summed E-state index contributed by atoms with van der Waals surface area (Å²) >= 11 is 0. The Labute approximate surface area is 120 Å². The Morgan fingerprint density at radius 1 is 1.15 bits per heavy atom. The second kappa shape index (κ2) is 6.90. The van der Waals surface area contributed by atoms with Crippen LogP contribution in [-0.2, 0) is 6.54 Å². The molecular weight excluding hydrogens is 246 g/mol. The number of hydrogen-bond acceptors (Lipinski definition) is 1. The number of aryl methyl sites for hydroxylation is 1. The Kier molecular flexibility index (Phi) is 4.94. The fraction of sp³-hybridized carbons (Fsp3) is 0.278. The lowest BCUT2D eigenvalue weighted by Crippen LogP contribution is -2.08. The van der Waals surface area contributed by atoms with Crippen LogP contribution < -0.4 is 0 Å². The quantitative estimate of drug-likeness (QED) is 0.560. The van der Waals surface area contributed by atoms with Gasteiger partial charge in [-0.3, -0.25) is 4.79 Å². The number of allylic oxidation sites excluding steroid dienone is 1. The van der Waals surface area contributed by atoms with E-state index >= 15 is 0 Å². The fourth-order valence-corrected chi connectivity index (χ4v) is 2.05. The standard InChI is InChI=1S/C18H21NO/c1-15(2)12-14-19-13-6-9-17(19)18(20)11-10-16-7-4-3-5-8-16/h3-11,13,15H,12,14H2,1-2H3/b11-10+. The summed E-state index contributed by atoms with van der Waals surface area (Å²) in [6.45, 7) is 5.28. The van der Waals surface area contributed by atoms with Crippen molar-refractivity contribution in [2.24, 2.45) is 5.92 Å². The molecule has 104 valence electrons. The van der Waals surface area contributed by atoms with Gasteiger partial charge in [0.1, 0.15) is 0 Å². The third-order valence-electron chi connectivity index (χ3n) is 3.26. The van der Waals surface area contributed by atoms with Crippen molar-refractivity contribution in [1.29, 1.82) is 0 Å². The van der Waals surface area contributed by atoms with Crippen LogP contribution in [-0.4, -0.2) is 10.4 Å². The van der Waals surface area contributed by atoms with Crippen molar-refractivity contribution in [3.63, 3.8) is 0 Å². The molecule has 0 aliphatic carbocycles. The molecule has 0 saturated carbocycles. The van der Waals surface area contributed by atoms with Crippen molar-refractivity contribution >= 4 is 11.9 Å². The molecule has 2 heteroatoms. The van der Waals surface area contributed by atoms with Gasteiger partial charge in [-0.15, -0.1) is 0 Å². The van der Waals surface area contributed by atoms with Gasteiger partial charge in [0.25, 0.3) is 0 Å². The lowest BCUT2D eigenvalue weighted by Gasteiger charge is -2.09. The summed E-state index contributed by atoms with van der Waals surface area (Å²) in [5.41, 5.74) is 1.80. The molecule has 0 spiro atoms. The van der Waals surface area contributed by atoms with Gasteiger partial charge in [0.2, 0.25) is 5.78 Å². The van der Waals surface area contributed by atoms with E-state index in [-0.39, 0.29) is 5.78 Å². The van der Waals surface area contributed by atoms with Crippen molar-refractivity contribution in [2.75, 3.05) is 0 Å². The second-order valence-corrected chi connectivity index (χ2v) is 5.38. The Hall–Kier alpha value is -2.09. The van der Waals surface area contributed by atoms with E-state index in [1.807, 2.05) is 59.3 Å². The van der Waals surface area contributed by atoms with E-state index in [1.165, 1.54) is 0 Å². The molecule has 0 atom stereocenters. The number of hydrogen-bond donors (Lipinski definition) is 0. The number of carbonyl (C=O) groups excluding carboxylic acids is 1. The molecule has 2 nitrogen and oxygen atoms in total. The fourth-order valence-electron chi connectivity index (χ4n) is 2.05. The number of carbonyl (C=O) groups is 1. The van der Waals surface area contributed by atoms with Crippen LogP contribution in [0.1, 0.15) is 36.3 Å². The van der Waals surface area contributed by atoms with E-state index in [2.05, 4.69) is 13.8 Å². The average Bonchev–Trinajstić information content (AvgIpc) is 2.92. The van der Waals surface area contributed by atoms with Crippen LogP contribution in [0.25, 0.3) is 6.08 Å². The number of aromatic nitrogens is 1. The molecule has 0 radical (unpaired) electrons. The normalized spacial score (nSPS) is 11.3. The summed E-state index contributed by atoms with van der Waals surface area (Å²) in [6.07, 6.45) is 6.57.